The number of pyridine rings is 1. The van der Waals surface area contributed by atoms with Crippen molar-refractivity contribution in [2.75, 3.05) is 10.6 Å². The molecule has 4 N–H and O–H groups in total. The topological polar surface area (TPSA) is 107 Å². The summed E-state index contributed by atoms with van der Waals surface area (Å²) in [7, 11) is 0. The number of fused-ring (bicyclic) bond motifs is 2. The summed E-state index contributed by atoms with van der Waals surface area (Å²) in [5.74, 6) is 2.59. The standard InChI is InChI=1S/C21H18N8/c1-2-4-16-15(3-1)20(26-18-10-17(28-29-18)12-5-6-12)27-21(25-16)24-14-9-13-7-8-22-19(13)23-11-14/h1-4,7-12H,5-6H2,(H,22,23)(H3,24,25,26,27,28,29). The van der Waals surface area contributed by atoms with Crippen LogP contribution >= 0.6 is 0 Å². The lowest BCUT2D eigenvalue weighted by Crippen LogP contribution is -2.02. The third-order valence-corrected chi connectivity index (χ3v) is 5.12. The SMILES string of the molecule is c1ccc2c(Nc3cc(C4CC4)[nH]n3)nc(Nc3cnc4[nH]ccc4c3)nc2c1. The molecule has 0 saturated heterocycles. The van der Waals surface area contributed by atoms with Gasteiger partial charge < -0.3 is 15.6 Å². The van der Waals surface area contributed by atoms with E-state index in [0.29, 0.717) is 17.7 Å². The molecule has 0 radical (unpaired) electrons. The van der Waals surface area contributed by atoms with Gasteiger partial charge in [-0.25, -0.2) is 9.97 Å². The van der Waals surface area contributed by atoms with Gasteiger partial charge in [-0.15, -0.1) is 0 Å². The normalized spacial score (nSPS) is 13.8. The molecule has 1 aromatic carbocycles. The Labute approximate surface area is 165 Å². The molecule has 5 aromatic rings. The average Bonchev–Trinajstić information content (AvgIpc) is 3.30. The smallest absolute Gasteiger partial charge is 0.229 e. The zero-order chi connectivity index (χ0) is 19.2. The minimum atomic E-state index is 0.501. The number of nitrogens with zero attached hydrogens (tertiary/aromatic N) is 4. The van der Waals surface area contributed by atoms with E-state index in [1.54, 1.807) is 6.20 Å². The van der Waals surface area contributed by atoms with E-state index in [1.807, 2.05) is 42.6 Å². The molecule has 1 aliphatic carbocycles. The van der Waals surface area contributed by atoms with Crippen molar-refractivity contribution in [3.8, 4) is 0 Å². The summed E-state index contributed by atoms with van der Waals surface area (Å²) in [6.07, 6.45) is 6.09. The third-order valence-electron chi connectivity index (χ3n) is 5.12. The van der Waals surface area contributed by atoms with Crippen molar-refractivity contribution in [2.24, 2.45) is 0 Å². The minimum Gasteiger partial charge on any atom is -0.346 e. The highest BCUT2D eigenvalue weighted by Gasteiger charge is 2.25. The van der Waals surface area contributed by atoms with Crippen LogP contribution in [0.2, 0.25) is 0 Å². The second kappa shape index (κ2) is 6.30. The first-order valence-corrected chi connectivity index (χ1v) is 9.61. The van der Waals surface area contributed by atoms with Crippen molar-refractivity contribution >= 4 is 45.2 Å². The lowest BCUT2D eigenvalue weighted by molar-refractivity contribution is 0.966. The molecule has 8 heteroatoms. The molecule has 1 fully saturated rings. The summed E-state index contributed by atoms with van der Waals surface area (Å²) < 4.78 is 0. The van der Waals surface area contributed by atoms with Gasteiger partial charge >= 0.3 is 0 Å². The number of nitrogens with one attached hydrogen (secondary N) is 4. The van der Waals surface area contributed by atoms with Gasteiger partial charge in [0.25, 0.3) is 0 Å². The van der Waals surface area contributed by atoms with Crippen LogP contribution in [0, 0.1) is 0 Å². The highest BCUT2D eigenvalue weighted by Crippen LogP contribution is 2.39. The van der Waals surface area contributed by atoms with Crippen molar-refractivity contribution in [3.63, 3.8) is 0 Å². The molecule has 0 spiro atoms. The molecule has 0 bridgehead atoms. The van der Waals surface area contributed by atoms with E-state index in [9.17, 15) is 0 Å². The van der Waals surface area contributed by atoms with Gasteiger partial charge in [0.1, 0.15) is 11.5 Å². The number of anilines is 4. The monoisotopic (exact) mass is 382 g/mol. The quantitative estimate of drug-likeness (QED) is 0.354. The van der Waals surface area contributed by atoms with Crippen LogP contribution in [0.1, 0.15) is 24.5 Å². The lowest BCUT2D eigenvalue weighted by atomic mass is 10.2. The van der Waals surface area contributed by atoms with Crippen molar-refractivity contribution in [1.82, 2.24) is 30.1 Å². The molecule has 1 aliphatic rings. The predicted octanol–water partition coefficient (Wildman–Crippen LogP) is 4.59. The van der Waals surface area contributed by atoms with Crippen LogP contribution in [0.25, 0.3) is 21.9 Å². The Morgan fingerprint density at radius 3 is 2.86 bits per heavy atom. The molecular weight excluding hydrogens is 364 g/mol. The molecule has 29 heavy (non-hydrogen) atoms. The Morgan fingerprint density at radius 1 is 1.00 bits per heavy atom. The van der Waals surface area contributed by atoms with Crippen LogP contribution in [0.5, 0.6) is 0 Å². The summed E-state index contributed by atoms with van der Waals surface area (Å²) in [4.78, 5) is 16.9. The van der Waals surface area contributed by atoms with Gasteiger partial charge in [-0.2, -0.15) is 10.1 Å². The summed E-state index contributed by atoms with van der Waals surface area (Å²) in [5, 5.41) is 16.1. The third kappa shape index (κ3) is 3.04. The van der Waals surface area contributed by atoms with Crippen LogP contribution in [-0.4, -0.2) is 30.1 Å². The van der Waals surface area contributed by atoms with Crippen LogP contribution in [0.15, 0.2) is 54.9 Å². The molecule has 0 aliphatic heterocycles. The van der Waals surface area contributed by atoms with E-state index < -0.39 is 0 Å². The Bertz CT molecular complexity index is 1330. The number of aromatic amines is 2. The van der Waals surface area contributed by atoms with Gasteiger partial charge in [0.2, 0.25) is 5.95 Å². The maximum atomic E-state index is 4.71. The van der Waals surface area contributed by atoms with Gasteiger partial charge in [-0.1, -0.05) is 12.1 Å². The fourth-order valence-corrected chi connectivity index (χ4v) is 3.49. The maximum Gasteiger partial charge on any atom is 0.229 e. The van der Waals surface area contributed by atoms with Gasteiger partial charge in [0, 0.05) is 34.6 Å². The molecule has 0 amide bonds. The summed E-state index contributed by atoms with van der Waals surface area (Å²) in [6.45, 7) is 0. The Morgan fingerprint density at radius 2 is 1.93 bits per heavy atom. The predicted molar refractivity (Wildman–Crippen MR) is 113 cm³/mol. The van der Waals surface area contributed by atoms with Gasteiger partial charge in [-0.05, 0) is 37.1 Å². The van der Waals surface area contributed by atoms with E-state index in [1.165, 1.54) is 18.5 Å². The molecule has 4 heterocycles. The molecule has 0 unspecified atom stereocenters. The van der Waals surface area contributed by atoms with E-state index >= 15 is 0 Å². The number of para-hydroxylation sites is 1. The van der Waals surface area contributed by atoms with E-state index in [0.717, 1.165) is 33.4 Å². The van der Waals surface area contributed by atoms with Crippen LogP contribution < -0.4 is 10.6 Å². The largest absolute Gasteiger partial charge is 0.346 e. The fraction of sp³-hybridized carbons (Fsp3) is 0.143. The number of hydrogen-bond donors (Lipinski definition) is 4. The van der Waals surface area contributed by atoms with Crippen LogP contribution in [0.4, 0.5) is 23.3 Å². The summed E-state index contributed by atoms with van der Waals surface area (Å²) in [6, 6.07) is 14.0. The van der Waals surface area contributed by atoms with Crippen LogP contribution in [0.3, 0.4) is 0 Å². The second-order valence-electron chi connectivity index (χ2n) is 7.29. The molecule has 8 nitrogen and oxygen atoms in total. The van der Waals surface area contributed by atoms with Crippen LogP contribution in [-0.2, 0) is 0 Å². The zero-order valence-corrected chi connectivity index (χ0v) is 15.5. The lowest BCUT2D eigenvalue weighted by Gasteiger charge is -2.10. The number of hydrogen-bond acceptors (Lipinski definition) is 6. The van der Waals surface area contributed by atoms with Gasteiger partial charge in [-0.3, -0.25) is 5.10 Å². The molecule has 4 aromatic heterocycles. The highest BCUT2D eigenvalue weighted by molar-refractivity contribution is 5.91. The number of aromatic nitrogens is 6. The number of rotatable bonds is 5. The first-order chi connectivity index (χ1) is 14.3. The van der Waals surface area contributed by atoms with Gasteiger partial charge in [0.15, 0.2) is 5.82 Å². The molecule has 1 saturated carbocycles. The first-order valence-electron chi connectivity index (χ1n) is 9.61. The molecule has 0 atom stereocenters. The summed E-state index contributed by atoms with van der Waals surface area (Å²) in [5.41, 5.74) is 3.70. The first kappa shape index (κ1) is 16.1. The zero-order valence-electron chi connectivity index (χ0n) is 15.5. The minimum absolute atomic E-state index is 0.501. The second-order valence-corrected chi connectivity index (χ2v) is 7.29. The summed E-state index contributed by atoms with van der Waals surface area (Å²) >= 11 is 0. The van der Waals surface area contributed by atoms with Crippen molar-refractivity contribution in [1.29, 1.82) is 0 Å². The average molecular weight is 382 g/mol. The van der Waals surface area contributed by atoms with Crippen molar-refractivity contribution in [2.45, 2.75) is 18.8 Å². The molecular formula is C21H18N8. The molecule has 6 rings (SSSR count). The fourth-order valence-electron chi connectivity index (χ4n) is 3.49. The maximum absolute atomic E-state index is 4.71. The van der Waals surface area contributed by atoms with E-state index in [2.05, 4.69) is 41.8 Å². The Hall–Kier alpha value is -3.94. The molecule has 142 valence electrons. The van der Waals surface area contributed by atoms with Gasteiger partial charge in [0.05, 0.1) is 17.4 Å². The van der Waals surface area contributed by atoms with Crippen molar-refractivity contribution < 1.29 is 0 Å². The Kier molecular flexibility index (Phi) is 3.49. The van der Waals surface area contributed by atoms with E-state index in [4.69, 9.17) is 4.98 Å². The highest BCUT2D eigenvalue weighted by atomic mass is 15.2. The number of H-pyrrole nitrogens is 2. The Balaban J connectivity index is 1.37. The number of benzene rings is 1. The van der Waals surface area contributed by atoms with Crippen molar-refractivity contribution in [3.05, 3.63) is 60.6 Å². The van der Waals surface area contributed by atoms with E-state index in [-0.39, 0.29) is 0 Å².